The Labute approximate surface area is 234 Å². The van der Waals surface area contributed by atoms with Crippen molar-refractivity contribution in [1.29, 1.82) is 0 Å². The van der Waals surface area contributed by atoms with Gasteiger partial charge in [-0.3, -0.25) is 4.79 Å². The van der Waals surface area contributed by atoms with Gasteiger partial charge in [-0.2, -0.15) is 0 Å². The summed E-state index contributed by atoms with van der Waals surface area (Å²) in [5.74, 6) is -3.54. The lowest BCUT2D eigenvalue weighted by molar-refractivity contribution is -0.268. The van der Waals surface area contributed by atoms with E-state index in [1.54, 1.807) is 41.5 Å². The minimum atomic E-state index is -1.62. The monoisotopic (exact) mass is 561 g/mol. The van der Waals surface area contributed by atoms with Gasteiger partial charge < -0.3 is 44.6 Å². The van der Waals surface area contributed by atoms with Crippen molar-refractivity contribution in [2.75, 3.05) is 14.1 Å². The van der Waals surface area contributed by atoms with Gasteiger partial charge in [0.1, 0.15) is 6.10 Å². The topological polar surface area (TPSA) is 149 Å². The number of nitrogens with zero attached hydrogens (tertiary/aromatic N) is 1. The third kappa shape index (κ3) is 7.92. The molecule has 2 rings (SSSR count). The van der Waals surface area contributed by atoms with E-state index in [4.69, 9.17) is 14.2 Å². The van der Waals surface area contributed by atoms with E-state index >= 15 is 0 Å². The molecule has 2 heterocycles. The number of aliphatic hydroxyl groups is 5. The lowest BCUT2D eigenvalue weighted by atomic mass is 9.74. The van der Waals surface area contributed by atoms with E-state index in [9.17, 15) is 30.3 Å². The molecule has 2 saturated heterocycles. The van der Waals surface area contributed by atoms with Crippen molar-refractivity contribution in [2.24, 2.45) is 29.6 Å². The number of esters is 1. The number of cyclic esters (lactones) is 1. The Morgan fingerprint density at radius 1 is 0.949 bits per heavy atom. The second-order valence-corrected chi connectivity index (χ2v) is 12.8. The molecule has 0 spiro atoms. The molecule has 2 aliphatic heterocycles. The lowest BCUT2D eigenvalue weighted by Gasteiger charge is -2.45. The maximum Gasteiger partial charge on any atom is 0.311 e. The van der Waals surface area contributed by atoms with Crippen molar-refractivity contribution in [3.8, 4) is 0 Å². The van der Waals surface area contributed by atoms with Gasteiger partial charge in [0.2, 0.25) is 0 Å². The van der Waals surface area contributed by atoms with Gasteiger partial charge in [0, 0.05) is 30.2 Å². The largest absolute Gasteiger partial charge is 0.462 e. The molecule has 0 aliphatic carbocycles. The number of hydrogen-bond donors (Lipinski definition) is 5. The van der Waals surface area contributed by atoms with E-state index in [0.717, 1.165) is 0 Å². The molecule has 230 valence electrons. The van der Waals surface area contributed by atoms with Gasteiger partial charge in [-0.1, -0.05) is 34.6 Å². The first kappa shape index (κ1) is 34.4. The number of carbonyl (C=O) groups is 1. The molecule has 0 bridgehead atoms. The molecule has 0 aromatic heterocycles. The van der Waals surface area contributed by atoms with Crippen molar-refractivity contribution in [1.82, 2.24) is 4.90 Å². The summed E-state index contributed by atoms with van der Waals surface area (Å²) >= 11 is 0. The molecule has 0 saturated carbocycles. The second kappa shape index (κ2) is 13.9. The van der Waals surface area contributed by atoms with E-state index < -0.39 is 90.2 Å². The Hall–Kier alpha value is -0.850. The predicted octanol–water partition coefficient (Wildman–Crippen LogP) is 1.54. The van der Waals surface area contributed by atoms with Crippen LogP contribution in [0.3, 0.4) is 0 Å². The normalized spacial score (nSPS) is 49.4. The maximum absolute atomic E-state index is 13.5. The van der Waals surface area contributed by atoms with Gasteiger partial charge in [0.15, 0.2) is 6.29 Å². The molecule has 10 nitrogen and oxygen atoms in total. The van der Waals surface area contributed by atoms with E-state index in [2.05, 4.69) is 0 Å². The van der Waals surface area contributed by atoms with Gasteiger partial charge in [0.25, 0.3) is 0 Å². The molecule has 10 heteroatoms. The summed E-state index contributed by atoms with van der Waals surface area (Å²) in [7, 11) is 3.73. The van der Waals surface area contributed by atoms with Crippen LogP contribution in [0.1, 0.15) is 74.7 Å². The highest BCUT2D eigenvalue weighted by Gasteiger charge is 2.47. The van der Waals surface area contributed by atoms with Crippen LogP contribution in [0.15, 0.2) is 0 Å². The highest BCUT2D eigenvalue weighted by Crippen LogP contribution is 2.36. The Morgan fingerprint density at radius 2 is 1.54 bits per heavy atom. The molecular weight excluding hydrogens is 506 g/mol. The molecule has 2 aliphatic rings. The van der Waals surface area contributed by atoms with Crippen LogP contribution in [-0.4, -0.2) is 111 Å². The van der Waals surface area contributed by atoms with Gasteiger partial charge in [-0.25, -0.2) is 0 Å². The van der Waals surface area contributed by atoms with Gasteiger partial charge in [-0.05, 0) is 53.6 Å². The Bertz CT molecular complexity index is 780. The smallest absolute Gasteiger partial charge is 0.311 e. The molecule has 2 fully saturated rings. The SMILES string of the molecule is CC[C@H]1OC(=O)[C@H](C)[C@@H](OC2CC(N(C)C)C(O)C(C)O2)[C@H](C)[C@@H](O)[C@](C)(O)C[C@@H](C)C(O)[C@H](C)[C@@H](O)[C@H]1C. The number of likely N-dealkylation sites (N-methyl/N-ethyl adjacent to an activating group) is 1. The van der Waals surface area contributed by atoms with Crippen molar-refractivity contribution < 1.29 is 44.5 Å². The van der Waals surface area contributed by atoms with E-state index in [-0.39, 0.29) is 12.5 Å². The number of ether oxygens (including phenoxy) is 3. The third-order valence-corrected chi connectivity index (χ3v) is 9.36. The zero-order chi connectivity index (χ0) is 30.0. The quantitative estimate of drug-likeness (QED) is 0.320. The number of carbonyl (C=O) groups excluding carboxylic acids is 1. The Kier molecular flexibility index (Phi) is 12.2. The fraction of sp³-hybridized carbons (Fsp3) is 0.966. The standard InChI is InChI=1S/C29H55NO9/c1-11-21-15(3)24(32)16(4)23(31)14(2)13-29(8,36)27(34)17(5)26(18(6)28(35)38-21)39-22-12-20(30(9)10)25(33)19(7)37-22/h14-27,31-34,36H,11-13H2,1-10H3/t14-,15+,16+,17+,18-,19?,20?,21-,22?,23?,24+,25?,26+,27-,29-/m1/s1. The van der Waals surface area contributed by atoms with Crippen LogP contribution in [0.4, 0.5) is 0 Å². The summed E-state index contributed by atoms with van der Waals surface area (Å²) in [6.45, 7) is 13.9. The average Bonchev–Trinajstić information content (AvgIpc) is 2.87. The fourth-order valence-electron chi connectivity index (χ4n) is 6.51. The van der Waals surface area contributed by atoms with Crippen LogP contribution in [0.25, 0.3) is 0 Å². The van der Waals surface area contributed by atoms with E-state index in [1.165, 1.54) is 6.92 Å². The summed E-state index contributed by atoms with van der Waals surface area (Å²) in [5.41, 5.74) is -1.62. The summed E-state index contributed by atoms with van der Waals surface area (Å²) in [5, 5.41) is 55.5. The molecule has 5 unspecified atom stereocenters. The molecule has 0 radical (unpaired) electrons. The zero-order valence-electron chi connectivity index (χ0n) is 25.5. The number of rotatable bonds is 4. The second-order valence-electron chi connectivity index (χ2n) is 12.8. The molecular formula is C29H55NO9. The van der Waals surface area contributed by atoms with Crippen molar-refractivity contribution in [2.45, 2.75) is 135 Å². The zero-order valence-corrected chi connectivity index (χ0v) is 25.5. The van der Waals surface area contributed by atoms with Gasteiger partial charge in [-0.15, -0.1) is 0 Å². The predicted molar refractivity (Wildman–Crippen MR) is 147 cm³/mol. The lowest BCUT2D eigenvalue weighted by Crippen LogP contribution is -2.56. The molecule has 0 amide bonds. The molecule has 0 aromatic rings. The minimum absolute atomic E-state index is 0.0692. The van der Waals surface area contributed by atoms with Crippen molar-refractivity contribution >= 4 is 5.97 Å². The highest BCUT2D eigenvalue weighted by atomic mass is 16.7. The number of hydrogen-bond acceptors (Lipinski definition) is 10. The van der Waals surface area contributed by atoms with Crippen LogP contribution in [0.5, 0.6) is 0 Å². The first-order chi connectivity index (χ1) is 17.9. The highest BCUT2D eigenvalue weighted by molar-refractivity contribution is 5.73. The Balaban J connectivity index is 2.47. The van der Waals surface area contributed by atoms with E-state index in [1.807, 2.05) is 25.9 Å². The summed E-state index contributed by atoms with van der Waals surface area (Å²) < 4.78 is 18.3. The summed E-state index contributed by atoms with van der Waals surface area (Å²) in [6, 6.07) is -0.237. The minimum Gasteiger partial charge on any atom is -0.462 e. The molecule has 5 N–H and O–H groups in total. The molecule has 0 aromatic carbocycles. The maximum atomic E-state index is 13.5. The van der Waals surface area contributed by atoms with Crippen molar-refractivity contribution in [3.63, 3.8) is 0 Å². The third-order valence-electron chi connectivity index (χ3n) is 9.36. The molecule has 39 heavy (non-hydrogen) atoms. The fourth-order valence-corrected chi connectivity index (χ4v) is 6.51. The van der Waals surface area contributed by atoms with Gasteiger partial charge >= 0.3 is 5.97 Å². The first-order valence-electron chi connectivity index (χ1n) is 14.6. The van der Waals surface area contributed by atoms with Crippen molar-refractivity contribution in [3.05, 3.63) is 0 Å². The van der Waals surface area contributed by atoms with Crippen LogP contribution in [0, 0.1) is 29.6 Å². The first-order valence-corrected chi connectivity index (χ1v) is 14.6. The van der Waals surface area contributed by atoms with Crippen LogP contribution in [0.2, 0.25) is 0 Å². The average molecular weight is 562 g/mol. The van der Waals surface area contributed by atoms with Crippen LogP contribution in [-0.2, 0) is 19.0 Å². The summed E-state index contributed by atoms with van der Waals surface area (Å²) in [6.07, 6.45) is -5.82. The Morgan fingerprint density at radius 3 is 2.08 bits per heavy atom. The van der Waals surface area contributed by atoms with Crippen LogP contribution < -0.4 is 0 Å². The van der Waals surface area contributed by atoms with Crippen LogP contribution >= 0.6 is 0 Å². The van der Waals surface area contributed by atoms with Gasteiger partial charge in [0.05, 0.1) is 48.1 Å². The summed E-state index contributed by atoms with van der Waals surface area (Å²) in [4.78, 5) is 15.4. The number of aliphatic hydroxyl groups excluding tert-OH is 4. The van der Waals surface area contributed by atoms with E-state index in [0.29, 0.717) is 12.8 Å². The molecule has 15 atom stereocenters.